The largest absolute Gasteiger partial charge is 0.508 e. The molecule has 0 unspecified atom stereocenters. The van der Waals surface area contributed by atoms with Crippen LogP contribution in [-0.4, -0.2) is 77.8 Å². The number of hydrogen-bond acceptors (Lipinski definition) is 13. The number of benzene rings is 6. The number of pyridine rings is 2. The predicted octanol–water partition coefficient (Wildman–Crippen LogP) is 14.6. The Morgan fingerprint density at radius 3 is 1.24 bits per heavy atom. The number of amides is 2. The molecule has 2 aromatic heterocycles. The number of nitrogens with zero attached hydrogens (tertiary/aromatic N) is 6. The second-order valence-corrected chi connectivity index (χ2v) is 23.4. The monoisotopic (exact) mass is 1170 g/mol. The second-order valence-electron chi connectivity index (χ2n) is 23.4. The number of piperidine rings is 2. The normalized spacial score (nSPS) is 14.1. The summed E-state index contributed by atoms with van der Waals surface area (Å²) in [5.74, 6) is -3.05. The van der Waals surface area contributed by atoms with Gasteiger partial charge in [0.1, 0.15) is 47.7 Å². The average molecular weight is 1170 g/mol. The minimum Gasteiger partial charge on any atom is -0.444 e. The molecule has 440 valence electrons. The molecule has 2 aliphatic rings. The number of fused-ring (bicyclic) bond motifs is 2. The van der Waals surface area contributed by atoms with E-state index in [0.29, 0.717) is 130 Å². The number of alkyl carbamates (subject to hydrolysis) is 2. The first-order chi connectivity index (χ1) is 41.1. The number of carbonyl (C=O) groups excluding carboxylic acids is 3. The van der Waals surface area contributed by atoms with Gasteiger partial charge >= 0.3 is 18.3 Å². The third-order valence-electron chi connectivity index (χ3n) is 15.0. The number of rotatable bonds is 12. The molecule has 2 fully saturated rings. The Kier molecular flexibility index (Phi) is 17.2. The minimum absolute atomic E-state index is 0.195. The van der Waals surface area contributed by atoms with E-state index in [1.54, 1.807) is 102 Å². The Hall–Kier alpha value is -9.75. The van der Waals surface area contributed by atoms with Crippen molar-refractivity contribution < 1.29 is 50.9 Å². The minimum atomic E-state index is -1.09. The standard InChI is InChI=1S/C67H62F4N8O7/c1-66(2,3)85-63(80)76-49-17-21-78(22-18-49)61-53-29-39(13-15-59(53)74-35-55(61)43-25-45(68)31-46(69)26-43)51-11-7-9-41(33-72)57(51)37-83-65(82)84-38-58-42(34-73)10-8-12-52(58)40-14-16-60-54(30-40)62(56(36-75-60)44-27-47(70)32-48(71)28-44)79-23-19-50(20-24-79)77-64(81)86-67(4,5)6/h7-16,25-32,35-36,49-50H,17-24,37-38H2,1-6H3,(H,76,80)(H,77,81). The highest BCUT2D eigenvalue weighted by Crippen LogP contribution is 2.43. The van der Waals surface area contributed by atoms with Gasteiger partial charge in [0.25, 0.3) is 0 Å². The predicted molar refractivity (Wildman–Crippen MR) is 319 cm³/mol. The summed E-state index contributed by atoms with van der Waals surface area (Å²) in [7, 11) is 0. The molecular formula is C67H62F4N8O7. The van der Waals surface area contributed by atoms with Crippen LogP contribution in [0.2, 0.25) is 0 Å². The molecule has 19 heteroatoms. The van der Waals surface area contributed by atoms with Crippen molar-refractivity contribution in [1.29, 1.82) is 10.5 Å². The van der Waals surface area contributed by atoms with Crippen molar-refractivity contribution in [2.45, 2.75) is 104 Å². The van der Waals surface area contributed by atoms with Gasteiger partial charge in [-0.1, -0.05) is 36.4 Å². The summed E-state index contributed by atoms with van der Waals surface area (Å²) < 4.78 is 82.1. The van der Waals surface area contributed by atoms with Gasteiger partial charge in [0.2, 0.25) is 0 Å². The van der Waals surface area contributed by atoms with Crippen LogP contribution in [0.5, 0.6) is 0 Å². The number of aromatic nitrogens is 2. The molecule has 0 aliphatic carbocycles. The molecule has 4 heterocycles. The van der Waals surface area contributed by atoms with Crippen molar-refractivity contribution in [3.05, 3.63) is 167 Å². The van der Waals surface area contributed by atoms with Crippen molar-refractivity contribution in [2.75, 3.05) is 36.0 Å². The van der Waals surface area contributed by atoms with Gasteiger partial charge in [-0.05, 0) is 161 Å². The van der Waals surface area contributed by atoms with E-state index in [1.807, 2.05) is 24.3 Å². The van der Waals surface area contributed by atoms with Crippen LogP contribution in [-0.2, 0) is 32.2 Å². The van der Waals surface area contributed by atoms with Gasteiger partial charge in [-0.25, -0.2) is 31.9 Å². The van der Waals surface area contributed by atoms with Gasteiger partial charge in [0.15, 0.2) is 0 Å². The van der Waals surface area contributed by atoms with Crippen LogP contribution in [0.15, 0.2) is 122 Å². The van der Waals surface area contributed by atoms with Crippen LogP contribution in [0.25, 0.3) is 66.3 Å². The van der Waals surface area contributed by atoms with E-state index < -0.39 is 66.0 Å². The van der Waals surface area contributed by atoms with E-state index in [4.69, 9.17) is 28.9 Å². The molecule has 0 atom stereocenters. The Morgan fingerprint density at radius 2 is 0.895 bits per heavy atom. The molecule has 6 aromatic carbocycles. The van der Waals surface area contributed by atoms with E-state index in [-0.39, 0.29) is 34.3 Å². The zero-order chi connectivity index (χ0) is 61.0. The molecule has 10 rings (SSSR count). The fourth-order valence-corrected chi connectivity index (χ4v) is 11.2. The van der Waals surface area contributed by atoms with E-state index in [2.05, 4.69) is 32.6 Å². The Morgan fingerprint density at radius 1 is 0.523 bits per heavy atom. The smallest absolute Gasteiger partial charge is 0.444 e. The molecule has 15 nitrogen and oxygen atoms in total. The number of ether oxygens (including phenoxy) is 4. The van der Waals surface area contributed by atoms with E-state index in [9.17, 15) is 42.5 Å². The zero-order valence-corrected chi connectivity index (χ0v) is 48.3. The lowest BCUT2D eigenvalue weighted by Crippen LogP contribution is -2.46. The number of carbonyl (C=O) groups is 3. The van der Waals surface area contributed by atoms with Crippen LogP contribution in [0.4, 0.5) is 43.3 Å². The highest BCUT2D eigenvalue weighted by Gasteiger charge is 2.30. The SMILES string of the molecule is CC(C)(C)OC(=O)NC1CCN(c2c(-c3cc(F)cc(F)c3)cnc3ccc(-c4cccc(C#N)c4COC(=O)OCc4c(C#N)cccc4-c4ccc5ncc(-c6cc(F)cc(F)c6)c(N6CCC(NC(=O)OC(C)(C)C)CC6)c5c4)cc23)CC1. The van der Waals surface area contributed by atoms with Crippen LogP contribution < -0.4 is 20.4 Å². The molecule has 2 amide bonds. The number of halogens is 4. The molecule has 86 heavy (non-hydrogen) atoms. The molecule has 2 saturated heterocycles. The second kappa shape index (κ2) is 24.8. The first kappa shape index (κ1) is 59.4. The fraction of sp³-hybridized carbons (Fsp3) is 0.299. The maximum Gasteiger partial charge on any atom is 0.508 e. The van der Waals surface area contributed by atoms with E-state index in [1.165, 1.54) is 24.3 Å². The summed E-state index contributed by atoms with van der Waals surface area (Å²) in [5.41, 5.74) is 6.06. The van der Waals surface area contributed by atoms with Crippen LogP contribution in [0.1, 0.15) is 89.5 Å². The molecule has 0 bridgehead atoms. The first-order valence-corrected chi connectivity index (χ1v) is 28.2. The number of nitrogens with one attached hydrogen (secondary N) is 2. The maximum atomic E-state index is 14.9. The molecule has 0 spiro atoms. The molecule has 2 N–H and O–H groups in total. The Labute approximate surface area is 495 Å². The van der Waals surface area contributed by atoms with Gasteiger partial charge < -0.3 is 39.4 Å². The van der Waals surface area contributed by atoms with Gasteiger partial charge in [0, 0.05) is 95.8 Å². The van der Waals surface area contributed by atoms with Crippen molar-refractivity contribution in [2.24, 2.45) is 0 Å². The zero-order valence-electron chi connectivity index (χ0n) is 48.3. The lowest BCUT2D eigenvalue weighted by Gasteiger charge is -2.36. The third-order valence-corrected chi connectivity index (χ3v) is 15.0. The summed E-state index contributed by atoms with van der Waals surface area (Å²) in [6, 6.07) is 31.8. The van der Waals surface area contributed by atoms with Gasteiger partial charge in [0.05, 0.1) is 45.7 Å². The van der Waals surface area contributed by atoms with Crippen molar-refractivity contribution in [1.82, 2.24) is 20.6 Å². The Balaban J connectivity index is 0.924. The number of hydrogen-bond donors (Lipinski definition) is 2. The van der Waals surface area contributed by atoms with Crippen LogP contribution >= 0.6 is 0 Å². The topological polar surface area (TPSA) is 192 Å². The van der Waals surface area contributed by atoms with Gasteiger partial charge in [-0.3, -0.25) is 9.97 Å². The molecular weight excluding hydrogens is 1100 g/mol. The number of anilines is 2. The third kappa shape index (κ3) is 13.7. The lowest BCUT2D eigenvalue weighted by molar-refractivity contribution is 0.0444. The summed E-state index contributed by atoms with van der Waals surface area (Å²) in [6.45, 7) is 11.8. The lowest BCUT2D eigenvalue weighted by atomic mass is 9.93. The molecule has 8 aromatic rings. The summed E-state index contributed by atoms with van der Waals surface area (Å²) in [6.07, 6.45) is 3.19. The fourth-order valence-electron chi connectivity index (χ4n) is 11.2. The average Bonchev–Trinajstić information content (AvgIpc) is 2.15. The molecule has 2 aliphatic heterocycles. The van der Waals surface area contributed by atoms with E-state index >= 15 is 0 Å². The first-order valence-electron chi connectivity index (χ1n) is 28.2. The maximum absolute atomic E-state index is 14.9. The molecule has 0 saturated carbocycles. The van der Waals surface area contributed by atoms with Crippen LogP contribution in [0, 0.1) is 45.9 Å². The van der Waals surface area contributed by atoms with Gasteiger partial charge in [-0.15, -0.1) is 0 Å². The van der Waals surface area contributed by atoms with Crippen LogP contribution in [0.3, 0.4) is 0 Å². The summed E-state index contributed by atoms with van der Waals surface area (Å²) >= 11 is 0. The Bertz CT molecular complexity index is 3730. The highest BCUT2D eigenvalue weighted by atomic mass is 19.1. The van der Waals surface area contributed by atoms with Crippen molar-refractivity contribution >= 4 is 51.5 Å². The number of nitriles is 2. The molecule has 0 radical (unpaired) electrons. The van der Waals surface area contributed by atoms with Crippen molar-refractivity contribution in [3.8, 4) is 56.6 Å². The van der Waals surface area contributed by atoms with Crippen molar-refractivity contribution in [3.63, 3.8) is 0 Å². The van der Waals surface area contributed by atoms with Gasteiger partial charge in [-0.2, -0.15) is 10.5 Å². The van der Waals surface area contributed by atoms with E-state index in [0.717, 1.165) is 12.1 Å². The highest BCUT2D eigenvalue weighted by molar-refractivity contribution is 6.03. The summed E-state index contributed by atoms with van der Waals surface area (Å²) in [5, 5.41) is 28.1. The quantitative estimate of drug-likeness (QED) is 0.0668. The summed E-state index contributed by atoms with van der Waals surface area (Å²) in [4.78, 5) is 52.9.